The molecule has 0 atom stereocenters. The summed E-state index contributed by atoms with van der Waals surface area (Å²) in [7, 11) is -3.76. The van der Waals surface area contributed by atoms with Crippen molar-refractivity contribution < 1.29 is 13.2 Å². The van der Waals surface area contributed by atoms with Crippen LogP contribution in [0.3, 0.4) is 0 Å². The average Bonchev–Trinajstić information content (AvgIpc) is 2.35. The first-order valence-corrected chi connectivity index (χ1v) is 8.54. The van der Waals surface area contributed by atoms with Crippen molar-refractivity contribution in [1.29, 1.82) is 0 Å². The molecule has 0 aliphatic carbocycles. The first kappa shape index (κ1) is 15.8. The SMILES string of the molecule is CC1(C)C(=O)NCCN1S(=O)(=O)c1ccc(Cl)c(Br)c1. The number of benzene rings is 1. The zero-order valence-corrected chi connectivity index (χ0v) is 14.1. The minimum atomic E-state index is -3.76. The fourth-order valence-corrected chi connectivity index (χ4v) is 4.49. The normalized spacial score (nSPS) is 19.7. The van der Waals surface area contributed by atoms with Gasteiger partial charge in [0.05, 0.1) is 9.92 Å². The van der Waals surface area contributed by atoms with Crippen LogP contribution in [0.4, 0.5) is 0 Å². The quantitative estimate of drug-likeness (QED) is 0.852. The van der Waals surface area contributed by atoms with Gasteiger partial charge in [0.25, 0.3) is 0 Å². The lowest BCUT2D eigenvalue weighted by Crippen LogP contribution is -2.63. The van der Waals surface area contributed by atoms with Crippen LogP contribution in [0.2, 0.25) is 5.02 Å². The van der Waals surface area contributed by atoms with E-state index in [0.717, 1.165) is 0 Å². The molecule has 0 spiro atoms. The smallest absolute Gasteiger partial charge is 0.244 e. The maximum Gasteiger partial charge on any atom is 0.244 e. The molecule has 1 aromatic carbocycles. The van der Waals surface area contributed by atoms with Gasteiger partial charge >= 0.3 is 0 Å². The number of sulfonamides is 1. The monoisotopic (exact) mass is 380 g/mol. The molecule has 1 aliphatic rings. The predicted octanol–water partition coefficient (Wildman–Crippen LogP) is 2.00. The van der Waals surface area contributed by atoms with E-state index in [1.165, 1.54) is 22.5 Å². The van der Waals surface area contributed by atoms with Gasteiger partial charge in [-0.1, -0.05) is 11.6 Å². The highest BCUT2D eigenvalue weighted by atomic mass is 79.9. The molecular formula is C12H14BrClN2O3S. The van der Waals surface area contributed by atoms with Crippen LogP contribution in [0.25, 0.3) is 0 Å². The Labute approximate surface area is 131 Å². The Hall–Kier alpha value is -0.630. The molecule has 2 rings (SSSR count). The van der Waals surface area contributed by atoms with E-state index in [1.807, 2.05) is 0 Å². The molecule has 110 valence electrons. The standard InChI is InChI=1S/C12H14BrClN2O3S/c1-12(2)11(17)15-5-6-16(12)20(18,19)8-3-4-10(14)9(13)7-8/h3-4,7H,5-6H2,1-2H3,(H,15,17). The topological polar surface area (TPSA) is 66.5 Å². The molecule has 1 amide bonds. The Morgan fingerprint density at radius 3 is 2.65 bits per heavy atom. The number of carbonyl (C=O) groups is 1. The van der Waals surface area contributed by atoms with Crippen molar-refractivity contribution in [1.82, 2.24) is 9.62 Å². The van der Waals surface area contributed by atoms with Gasteiger partial charge in [0, 0.05) is 17.6 Å². The van der Waals surface area contributed by atoms with Crippen molar-refractivity contribution in [2.24, 2.45) is 0 Å². The van der Waals surface area contributed by atoms with E-state index in [0.29, 0.717) is 16.0 Å². The molecule has 8 heteroatoms. The van der Waals surface area contributed by atoms with Crippen LogP contribution in [0.5, 0.6) is 0 Å². The van der Waals surface area contributed by atoms with Crippen molar-refractivity contribution in [3.63, 3.8) is 0 Å². The molecule has 0 radical (unpaired) electrons. The molecule has 1 N–H and O–H groups in total. The molecule has 1 heterocycles. The van der Waals surface area contributed by atoms with Gasteiger partial charge in [-0.2, -0.15) is 4.31 Å². The molecule has 0 bridgehead atoms. The zero-order chi connectivity index (χ0) is 15.1. The molecule has 5 nitrogen and oxygen atoms in total. The van der Waals surface area contributed by atoms with Gasteiger partial charge in [0.2, 0.25) is 15.9 Å². The Morgan fingerprint density at radius 1 is 1.40 bits per heavy atom. The molecule has 20 heavy (non-hydrogen) atoms. The molecule has 0 aromatic heterocycles. The lowest BCUT2D eigenvalue weighted by molar-refractivity contribution is -0.131. The van der Waals surface area contributed by atoms with E-state index in [9.17, 15) is 13.2 Å². The van der Waals surface area contributed by atoms with Gasteiger partial charge in [-0.05, 0) is 48.0 Å². The van der Waals surface area contributed by atoms with Gasteiger partial charge in [-0.25, -0.2) is 8.42 Å². The third kappa shape index (κ3) is 2.59. The van der Waals surface area contributed by atoms with E-state index in [-0.39, 0.29) is 17.3 Å². The van der Waals surface area contributed by atoms with Gasteiger partial charge in [0.1, 0.15) is 5.54 Å². The highest BCUT2D eigenvalue weighted by Crippen LogP contribution is 2.30. The van der Waals surface area contributed by atoms with Crippen LogP contribution in [-0.2, 0) is 14.8 Å². The molecule has 1 aromatic rings. The van der Waals surface area contributed by atoms with E-state index < -0.39 is 15.6 Å². The van der Waals surface area contributed by atoms with Crippen molar-refractivity contribution in [3.05, 3.63) is 27.7 Å². The number of hydrogen-bond acceptors (Lipinski definition) is 3. The fourth-order valence-electron chi connectivity index (χ4n) is 2.07. The molecule has 0 unspecified atom stereocenters. The van der Waals surface area contributed by atoms with Crippen LogP contribution in [0.1, 0.15) is 13.8 Å². The van der Waals surface area contributed by atoms with E-state index >= 15 is 0 Å². The fraction of sp³-hybridized carbons (Fsp3) is 0.417. The maximum absolute atomic E-state index is 12.7. The molecule has 1 fully saturated rings. The number of carbonyl (C=O) groups excluding carboxylic acids is 1. The van der Waals surface area contributed by atoms with Crippen LogP contribution in [0.15, 0.2) is 27.6 Å². The average molecular weight is 382 g/mol. The predicted molar refractivity (Wildman–Crippen MR) is 80.1 cm³/mol. The Balaban J connectivity index is 2.49. The van der Waals surface area contributed by atoms with E-state index in [2.05, 4.69) is 21.2 Å². The number of halogens is 2. The summed E-state index contributed by atoms with van der Waals surface area (Å²) in [6, 6.07) is 4.39. The number of nitrogens with zero attached hydrogens (tertiary/aromatic N) is 1. The second-order valence-electron chi connectivity index (χ2n) is 4.97. The van der Waals surface area contributed by atoms with Gasteiger partial charge in [0.15, 0.2) is 0 Å². The van der Waals surface area contributed by atoms with Crippen molar-refractivity contribution in [2.75, 3.05) is 13.1 Å². The summed E-state index contributed by atoms with van der Waals surface area (Å²) >= 11 is 9.09. The second kappa shape index (κ2) is 5.29. The lowest BCUT2D eigenvalue weighted by Gasteiger charge is -2.39. The summed E-state index contributed by atoms with van der Waals surface area (Å²) in [5.74, 6) is -0.305. The summed E-state index contributed by atoms with van der Waals surface area (Å²) in [6.07, 6.45) is 0. The van der Waals surface area contributed by atoms with E-state index in [1.54, 1.807) is 13.8 Å². The molecule has 0 saturated carbocycles. The van der Waals surface area contributed by atoms with Crippen LogP contribution < -0.4 is 5.32 Å². The third-order valence-corrected chi connectivity index (χ3v) is 6.54. The van der Waals surface area contributed by atoms with Crippen LogP contribution >= 0.6 is 27.5 Å². The Kier molecular flexibility index (Phi) is 4.17. The van der Waals surface area contributed by atoms with Gasteiger partial charge in [-0.3, -0.25) is 4.79 Å². The highest BCUT2D eigenvalue weighted by molar-refractivity contribution is 9.10. The summed E-state index contributed by atoms with van der Waals surface area (Å²) in [5.41, 5.74) is -1.12. The van der Waals surface area contributed by atoms with Gasteiger partial charge < -0.3 is 5.32 Å². The summed E-state index contributed by atoms with van der Waals surface area (Å²) in [6.45, 7) is 3.71. The molecular weight excluding hydrogens is 368 g/mol. The Bertz CT molecular complexity index is 661. The minimum absolute atomic E-state index is 0.108. The number of amides is 1. The second-order valence-corrected chi connectivity index (χ2v) is 8.09. The number of nitrogens with one attached hydrogen (secondary N) is 1. The summed E-state index contributed by atoms with van der Waals surface area (Å²) in [4.78, 5) is 12.0. The van der Waals surface area contributed by atoms with E-state index in [4.69, 9.17) is 11.6 Å². The van der Waals surface area contributed by atoms with Crippen molar-refractivity contribution >= 4 is 43.5 Å². The molecule has 1 aliphatic heterocycles. The minimum Gasteiger partial charge on any atom is -0.353 e. The molecule has 1 saturated heterocycles. The number of rotatable bonds is 2. The van der Waals surface area contributed by atoms with Crippen LogP contribution in [0, 0.1) is 0 Å². The number of hydrogen-bond donors (Lipinski definition) is 1. The van der Waals surface area contributed by atoms with Crippen molar-refractivity contribution in [2.45, 2.75) is 24.3 Å². The highest BCUT2D eigenvalue weighted by Gasteiger charge is 2.44. The number of piperazine rings is 1. The van der Waals surface area contributed by atoms with Crippen LogP contribution in [-0.4, -0.2) is 37.3 Å². The Morgan fingerprint density at radius 2 is 2.05 bits per heavy atom. The largest absolute Gasteiger partial charge is 0.353 e. The van der Waals surface area contributed by atoms with Crippen molar-refractivity contribution in [3.8, 4) is 0 Å². The maximum atomic E-state index is 12.7. The summed E-state index contributed by atoms with van der Waals surface area (Å²) in [5, 5.41) is 3.10. The third-order valence-electron chi connectivity index (χ3n) is 3.26. The summed E-state index contributed by atoms with van der Waals surface area (Å²) < 4.78 is 27.1. The first-order chi connectivity index (χ1) is 9.17. The first-order valence-electron chi connectivity index (χ1n) is 5.93. The lowest BCUT2D eigenvalue weighted by atomic mass is 10.0. The zero-order valence-electron chi connectivity index (χ0n) is 11.0. The van der Waals surface area contributed by atoms with Gasteiger partial charge in [-0.15, -0.1) is 0 Å².